The molecular formula is C25H25F3N8O. The van der Waals surface area contributed by atoms with Gasteiger partial charge in [-0.2, -0.15) is 4.98 Å². The molecule has 9 nitrogen and oxygen atoms in total. The number of anilines is 3. The van der Waals surface area contributed by atoms with E-state index in [1.54, 1.807) is 41.9 Å². The van der Waals surface area contributed by atoms with Gasteiger partial charge in [0.2, 0.25) is 5.95 Å². The van der Waals surface area contributed by atoms with Gasteiger partial charge in [-0.15, -0.1) is 0 Å². The van der Waals surface area contributed by atoms with E-state index in [1.807, 2.05) is 4.90 Å². The van der Waals surface area contributed by atoms with Gasteiger partial charge in [0.15, 0.2) is 11.6 Å². The number of alkyl halides is 2. The van der Waals surface area contributed by atoms with Gasteiger partial charge >= 0.3 is 0 Å². The number of hydrogen-bond acceptors (Lipinski definition) is 7. The van der Waals surface area contributed by atoms with Crippen LogP contribution in [0, 0.1) is 11.2 Å². The van der Waals surface area contributed by atoms with Crippen molar-refractivity contribution < 1.29 is 18.0 Å². The molecule has 2 aliphatic rings. The first-order valence-corrected chi connectivity index (χ1v) is 11.6. The van der Waals surface area contributed by atoms with E-state index in [9.17, 15) is 18.0 Å². The summed E-state index contributed by atoms with van der Waals surface area (Å²) in [5.74, 6) is -3.53. The Kier molecular flexibility index (Phi) is 6.10. The molecule has 1 aromatic carbocycles. The molecule has 2 aromatic heterocycles. The zero-order valence-corrected chi connectivity index (χ0v) is 20.0. The number of carbonyl (C=O) groups is 1. The lowest BCUT2D eigenvalue weighted by atomic mass is 10.1. The third-order valence-corrected chi connectivity index (χ3v) is 6.62. The standard InChI is InChI=1S/C25H25F3N8O/c1-34-20(23(37)36-13-25(27,28)14-36)8-16-6-7-35(12-21(16)34)24-31-11-19(26)22(33-24)32-18-4-2-15(3-5-18)17(9-29)10-30/h2-5,8-11,29H,6-7,12-14,30H2,1H3,(H,31,32,33)/b17-10+,29-9?. The average molecular weight is 511 g/mol. The van der Waals surface area contributed by atoms with E-state index < -0.39 is 30.7 Å². The molecule has 0 bridgehead atoms. The van der Waals surface area contributed by atoms with Crippen molar-refractivity contribution in [2.45, 2.75) is 18.9 Å². The van der Waals surface area contributed by atoms with Gasteiger partial charge in [0.05, 0.1) is 25.8 Å². The van der Waals surface area contributed by atoms with Crippen molar-refractivity contribution in [3.8, 4) is 0 Å². The van der Waals surface area contributed by atoms with E-state index in [0.717, 1.165) is 34.1 Å². The lowest BCUT2D eigenvalue weighted by molar-refractivity contribution is -0.113. The van der Waals surface area contributed by atoms with E-state index in [4.69, 9.17) is 11.1 Å². The second kappa shape index (κ2) is 9.26. The molecule has 37 heavy (non-hydrogen) atoms. The number of nitrogens with zero attached hydrogens (tertiary/aromatic N) is 5. The van der Waals surface area contributed by atoms with Crippen molar-refractivity contribution in [1.29, 1.82) is 5.41 Å². The number of amides is 1. The maximum absolute atomic E-state index is 14.5. The Morgan fingerprint density at radius 3 is 2.62 bits per heavy atom. The molecule has 2 aliphatic heterocycles. The monoisotopic (exact) mass is 510 g/mol. The van der Waals surface area contributed by atoms with Crippen molar-refractivity contribution >= 4 is 35.1 Å². The first-order chi connectivity index (χ1) is 17.7. The number of hydrogen-bond donors (Lipinski definition) is 3. The Bertz CT molecular complexity index is 1390. The van der Waals surface area contributed by atoms with Crippen LogP contribution in [0.3, 0.4) is 0 Å². The van der Waals surface area contributed by atoms with Gasteiger partial charge in [-0.25, -0.2) is 18.2 Å². The minimum absolute atomic E-state index is 0.00616. The van der Waals surface area contributed by atoms with Crippen LogP contribution in [-0.2, 0) is 20.0 Å². The normalized spacial score (nSPS) is 16.7. The number of allylic oxidation sites excluding steroid dienone is 1. The molecular weight excluding hydrogens is 485 g/mol. The van der Waals surface area contributed by atoms with Gasteiger partial charge in [0, 0.05) is 43.0 Å². The van der Waals surface area contributed by atoms with Gasteiger partial charge < -0.3 is 30.8 Å². The number of benzene rings is 1. The fourth-order valence-corrected chi connectivity index (χ4v) is 4.55. The highest BCUT2D eigenvalue weighted by molar-refractivity contribution is 6.08. The zero-order valence-electron chi connectivity index (χ0n) is 20.0. The summed E-state index contributed by atoms with van der Waals surface area (Å²) in [5, 5.41) is 10.4. The number of nitrogens with one attached hydrogen (secondary N) is 2. The number of aromatic nitrogens is 3. The van der Waals surface area contributed by atoms with Crippen LogP contribution in [0.25, 0.3) is 5.57 Å². The molecule has 12 heteroatoms. The number of fused-ring (bicyclic) bond motifs is 1. The summed E-state index contributed by atoms with van der Waals surface area (Å²) in [6.07, 6.45) is 4.19. The van der Waals surface area contributed by atoms with Gasteiger partial charge in [-0.05, 0) is 35.7 Å². The van der Waals surface area contributed by atoms with Crippen molar-refractivity contribution in [2.75, 3.05) is 29.9 Å². The molecule has 3 aromatic rings. The largest absolute Gasteiger partial charge is 0.404 e. The lowest BCUT2D eigenvalue weighted by Gasteiger charge is -2.38. The van der Waals surface area contributed by atoms with Crippen LogP contribution in [0.2, 0.25) is 0 Å². The lowest BCUT2D eigenvalue weighted by Crippen LogP contribution is -2.58. The van der Waals surface area contributed by atoms with Crippen LogP contribution in [0.4, 0.5) is 30.6 Å². The first kappa shape index (κ1) is 24.3. The van der Waals surface area contributed by atoms with Gasteiger partial charge in [-0.1, -0.05) is 12.1 Å². The summed E-state index contributed by atoms with van der Waals surface area (Å²) < 4.78 is 42.7. The first-order valence-electron chi connectivity index (χ1n) is 11.6. The highest BCUT2D eigenvalue weighted by atomic mass is 19.3. The Labute approximate surface area is 210 Å². The van der Waals surface area contributed by atoms with Gasteiger partial charge in [-0.3, -0.25) is 4.79 Å². The van der Waals surface area contributed by atoms with Crippen molar-refractivity contribution in [2.24, 2.45) is 12.8 Å². The van der Waals surface area contributed by atoms with E-state index in [0.29, 0.717) is 42.4 Å². The molecule has 0 saturated carbocycles. The number of carbonyl (C=O) groups excluding carboxylic acids is 1. The summed E-state index contributed by atoms with van der Waals surface area (Å²) in [4.78, 5) is 24.3. The number of rotatable bonds is 6. The molecule has 1 amide bonds. The zero-order chi connectivity index (χ0) is 26.3. The molecule has 0 aliphatic carbocycles. The number of likely N-dealkylation sites (tertiary alicyclic amines) is 1. The molecule has 0 atom stereocenters. The predicted octanol–water partition coefficient (Wildman–Crippen LogP) is 3.30. The molecule has 4 N–H and O–H groups in total. The molecule has 0 radical (unpaired) electrons. The molecule has 5 rings (SSSR count). The van der Waals surface area contributed by atoms with Crippen LogP contribution in [0.5, 0.6) is 0 Å². The summed E-state index contributed by atoms with van der Waals surface area (Å²) in [6.45, 7) is -0.205. The minimum atomic E-state index is -2.82. The number of halogens is 3. The van der Waals surface area contributed by atoms with E-state index >= 15 is 0 Å². The molecule has 4 heterocycles. The second-order valence-electron chi connectivity index (χ2n) is 9.08. The Hall–Kier alpha value is -4.35. The van der Waals surface area contributed by atoms with Crippen LogP contribution in [0.1, 0.15) is 27.3 Å². The summed E-state index contributed by atoms with van der Waals surface area (Å²) >= 11 is 0. The van der Waals surface area contributed by atoms with Crippen molar-refractivity contribution in [3.63, 3.8) is 0 Å². The molecule has 0 unspecified atom stereocenters. The topological polar surface area (TPSA) is 116 Å². The third-order valence-electron chi connectivity index (χ3n) is 6.62. The summed E-state index contributed by atoms with van der Waals surface area (Å²) in [5.41, 5.74) is 9.61. The summed E-state index contributed by atoms with van der Waals surface area (Å²) in [7, 11) is 1.74. The van der Waals surface area contributed by atoms with Crippen LogP contribution in [0.15, 0.2) is 42.7 Å². The fraction of sp³-hybridized carbons (Fsp3) is 0.280. The van der Waals surface area contributed by atoms with Crippen LogP contribution >= 0.6 is 0 Å². The Balaban J connectivity index is 1.33. The second-order valence-corrected chi connectivity index (χ2v) is 9.08. The van der Waals surface area contributed by atoms with Gasteiger partial charge in [0.1, 0.15) is 5.69 Å². The van der Waals surface area contributed by atoms with Gasteiger partial charge in [0.25, 0.3) is 11.8 Å². The van der Waals surface area contributed by atoms with E-state index in [-0.39, 0.29) is 5.82 Å². The molecule has 192 valence electrons. The number of nitrogens with two attached hydrogens (primary N) is 1. The predicted molar refractivity (Wildman–Crippen MR) is 134 cm³/mol. The van der Waals surface area contributed by atoms with Crippen molar-refractivity contribution in [1.82, 2.24) is 19.4 Å². The Morgan fingerprint density at radius 2 is 1.97 bits per heavy atom. The maximum atomic E-state index is 14.5. The average Bonchev–Trinajstić information content (AvgIpc) is 3.21. The van der Waals surface area contributed by atoms with E-state index in [2.05, 4.69) is 15.3 Å². The smallest absolute Gasteiger partial charge is 0.282 e. The Morgan fingerprint density at radius 1 is 1.24 bits per heavy atom. The summed E-state index contributed by atoms with van der Waals surface area (Å²) in [6, 6.07) is 8.74. The maximum Gasteiger partial charge on any atom is 0.282 e. The van der Waals surface area contributed by atoms with E-state index in [1.165, 1.54) is 6.20 Å². The quantitative estimate of drug-likeness (QED) is 0.439. The highest BCUT2D eigenvalue weighted by Gasteiger charge is 2.47. The third kappa shape index (κ3) is 4.61. The van der Waals surface area contributed by atoms with Crippen LogP contribution in [-0.4, -0.2) is 57.1 Å². The fourth-order valence-electron chi connectivity index (χ4n) is 4.55. The van der Waals surface area contributed by atoms with Crippen molar-refractivity contribution in [3.05, 3.63) is 71.1 Å². The van der Waals surface area contributed by atoms with Crippen LogP contribution < -0.4 is 16.0 Å². The SMILES string of the molecule is Cn1c(C(=O)N2CC(F)(F)C2)cc2c1CN(c1ncc(F)c(Nc3ccc(/C(C=N)=C/N)cc3)n1)CC2. The highest BCUT2D eigenvalue weighted by Crippen LogP contribution is 2.31. The molecule has 1 fully saturated rings. The molecule has 0 spiro atoms. The minimum Gasteiger partial charge on any atom is -0.404 e. The molecule has 1 saturated heterocycles.